The van der Waals surface area contributed by atoms with E-state index in [0.29, 0.717) is 12.5 Å². The zero-order valence-corrected chi connectivity index (χ0v) is 14.3. The normalized spacial score (nSPS) is 25.5. The van der Waals surface area contributed by atoms with Gasteiger partial charge in [-0.2, -0.15) is 0 Å². The summed E-state index contributed by atoms with van der Waals surface area (Å²) in [7, 11) is 0. The van der Waals surface area contributed by atoms with Crippen LogP contribution in [0.2, 0.25) is 0 Å². The van der Waals surface area contributed by atoms with Gasteiger partial charge in [0, 0.05) is 19.3 Å². The number of piperidine rings is 1. The summed E-state index contributed by atoms with van der Waals surface area (Å²) < 4.78 is 2.05. The van der Waals surface area contributed by atoms with E-state index in [9.17, 15) is 4.79 Å². The number of pyridine rings is 1. The van der Waals surface area contributed by atoms with Gasteiger partial charge in [0.1, 0.15) is 0 Å². The van der Waals surface area contributed by atoms with Gasteiger partial charge in [0.2, 0.25) is 5.91 Å². The molecule has 0 bridgehead atoms. The van der Waals surface area contributed by atoms with Crippen LogP contribution in [0.5, 0.6) is 0 Å². The van der Waals surface area contributed by atoms with Crippen LogP contribution in [0.4, 0.5) is 0 Å². The van der Waals surface area contributed by atoms with E-state index in [4.69, 9.17) is 0 Å². The summed E-state index contributed by atoms with van der Waals surface area (Å²) >= 11 is 0. The molecule has 2 aliphatic heterocycles. The first-order chi connectivity index (χ1) is 11.7. The van der Waals surface area contributed by atoms with Crippen molar-refractivity contribution in [2.45, 2.75) is 38.6 Å². The molecule has 0 saturated carbocycles. The Morgan fingerprint density at radius 3 is 2.96 bits per heavy atom. The molecule has 0 spiro atoms. The standard InChI is InChI=1S/C18H25N5O/c1-14-6-4-10-22(12-14)17(24)13-21-9-5-7-15(21)18-20-19-16-8-2-3-11-23(16)18/h2-3,8,11,14-15H,4-7,9-10,12-13H2,1H3/t14-,15-/m1/s1. The number of carbonyl (C=O) groups is 1. The van der Waals surface area contributed by atoms with Crippen LogP contribution < -0.4 is 0 Å². The molecule has 0 radical (unpaired) electrons. The summed E-state index contributed by atoms with van der Waals surface area (Å²) in [5.74, 6) is 1.85. The highest BCUT2D eigenvalue weighted by atomic mass is 16.2. The first-order valence-electron chi connectivity index (χ1n) is 9.04. The van der Waals surface area contributed by atoms with Gasteiger partial charge in [-0.1, -0.05) is 13.0 Å². The molecule has 1 amide bonds. The molecule has 2 fully saturated rings. The number of hydrogen-bond acceptors (Lipinski definition) is 4. The fourth-order valence-electron chi connectivity index (χ4n) is 4.08. The van der Waals surface area contributed by atoms with Gasteiger partial charge < -0.3 is 4.90 Å². The smallest absolute Gasteiger partial charge is 0.236 e. The molecule has 2 aromatic heterocycles. The number of fused-ring (bicyclic) bond motifs is 1. The number of amides is 1. The summed E-state index contributed by atoms with van der Waals surface area (Å²) in [5.41, 5.74) is 0.871. The quantitative estimate of drug-likeness (QED) is 0.866. The maximum atomic E-state index is 12.7. The van der Waals surface area contributed by atoms with Gasteiger partial charge >= 0.3 is 0 Å². The van der Waals surface area contributed by atoms with Crippen molar-refractivity contribution in [1.29, 1.82) is 0 Å². The van der Waals surface area contributed by atoms with Crippen molar-refractivity contribution in [3.8, 4) is 0 Å². The van der Waals surface area contributed by atoms with Gasteiger partial charge in [-0.25, -0.2) is 0 Å². The van der Waals surface area contributed by atoms with E-state index in [1.807, 2.05) is 29.3 Å². The molecule has 0 aliphatic carbocycles. The number of likely N-dealkylation sites (tertiary alicyclic amines) is 2. The fraction of sp³-hybridized carbons (Fsp3) is 0.611. The van der Waals surface area contributed by atoms with Crippen molar-refractivity contribution in [3.05, 3.63) is 30.2 Å². The number of rotatable bonds is 3. The Morgan fingerprint density at radius 1 is 1.21 bits per heavy atom. The third kappa shape index (κ3) is 2.90. The second kappa shape index (κ2) is 6.51. The van der Waals surface area contributed by atoms with Crippen molar-refractivity contribution in [3.63, 3.8) is 0 Å². The maximum Gasteiger partial charge on any atom is 0.236 e. The second-order valence-corrected chi connectivity index (χ2v) is 7.20. The van der Waals surface area contributed by atoms with Crippen molar-refractivity contribution < 1.29 is 4.79 Å². The molecule has 24 heavy (non-hydrogen) atoms. The Kier molecular flexibility index (Phi) is 4.22. The molecule has 4 rings (SSSR count). The molecule has 0 unspecified atom stereocenters. The number of carbonyl (C=O) groups excluding carboxylic acids is 1. The zero-order valence-electron chi connectivity index (χ0n) is 14.3. The van der Waals surface area contributed by atoms with E-state index in [1.165, 1.54) is 6.42 Å². The fourth-order valence-corrected chi connectivity index (χ4v) is 4.08. The summed E-state index contributed by atoms with van der Waals surface area (Å²) in [4.78, 5) is 17.0. The molecule has 6 nitrogen and oxygen atoms in total. The van der Waals surface area contributed by atoms with Gasteiger partial charge in [-0.15, -0.1) is 10.2 Å². The van der Waals surface area contributed by atoms with Crippen LogP contribution in [0, 0.1) is 5.92 Å². The lowest BCUT2D eigenvalue weighted by atomic mass is 10.0. The molecule has 6 heteroatoms. The monoisotopic (exact) mass is 327 g/mol. The van der Waals surface area contributed by atoms with E-state index in [1.54, 1.807) is 0 Å². The largest absolute Gasteiger partial charge is 0.341 e. The summed E-state index contributed by atoms with van der Waals surface area (Å²) in [6, 6.07) is 6.13. The highest BCUT2D eigenvalue weighted by Gasteiger charge is 2.32. The number of nitrogens with zero attached hydrogens (tertiary/aromatic N) is 5. The molecule has 0 N–H and O–H groups in total. The lowest BCUT2D eigenvalue weighted by Gasteiger charge is -2.33. The first-order valence-corrected chi connectivity index (χ1v) is 9.04. The average molecular weight is 327 g/mol. The van der Waals surface area contributed by atoms with E-state index in [0.717, 1.165) is 50.4 Å². The van der Waals surface area contributed by atoms with Gasteiger partial charge in [0.05, 0.1) is 12.6 Å². The minimum atomic E-state index is 0.188. The van der Waals surface area contributed by atoms with Crippen molar-refractivity contribution in [2.24, 2.45) is 5.92 Å². The summed E-state index contributed by atoms with van der Waals surface area (Å²) in [5, 5.41) is 8.67. The van der Waals surface area contributed by atoms with Crippen LogP contribution in [-0.4, -0.2) is 56.5 Å². The van der Waals surface area contributed by atoms with E-state index in [-0.39, 0.29) is 11.9 Å². The molecule has 4 heterocycles. The molecule has 2 aliphatic rings. The number of hydrogen-bond donors (Lipinski definition) is 0. The van der Waals surface area contributed by atoms with Gasteiger partial charge in [-0.05, 0) is 50.3 Å². The van der Waals surface area contributed by atoms with Crippen LogP contribution in [0.15, 0.2) is 24.4 Å². The van der Waals surface area contributed by atoms with Crippen LogP contribution in [0.25, 0.3) is 5.65 Å². The molecular weight excluding hydrogens is 302 g/mol. The number of aromatic nitrogens is 3. The minimum Gasteiger partial charge on any atom is -0.341 e. The predicted octanol–water partition coefficient (Wildman–Crippen LogP) is 2.12. The van der Waals surface area contributed by atoms with Crippen LogP contribution in [-0.2, 0) is 4.79 Å². The van der Waals surface area contributed by atoms with Crippen molar-refractivity contribution >= 4 is 11.6 Å². The maximum absolute atomic E-state index is 12.7. The lowest BCUT2D eigenvalue weighted by molar-refractivity contribution is -0.134. The Bertz CT molecular complexity index is 727. The van der Waals surface area contributed by atoms with E-state index < -0.39 is 0 Å². The third-order valence-corrected chi connectivity index (χ3v) is 5.35. The zero-order chi connectivity index (χ0) is 16.5. The Morgan fingerprint density at radius 2 is 2.08 bits per heavy atom. The Hall–Kier alpha value is -1.95. The van der Waals surface area contributed by atoms with Crippen LogP contribution in [0.3, 0.4) is 0 Å². The van der Waals surface area contributed by atoms with Gasteiger partial charge in [-0.3, -0.25) is 14.1 Å². The van der Waals surface area contributed by atoms with Crippen molar-refractivity contribution in [1.82, 2.24) is 24.4 Å². The molecule has 2 saturated heterocycles. The SMILES string of the molecule is C[C@@H]1CCCN(C(=O)CN2CCC[C@@H]2c2nnc3ccccn23)C1. The topological polar surface area (TPSA) is 53.7 Å². The highest BCUT2D eigenvalue weighted by molar-refractivity contribution is 5.78. The van der Waals surface area contributed by atoms with Crippen LogP contribution >= 0.6 is 0 Å². The average Bonchev–Trinajstić information content (AvgIpc) is 3.21. The third-order valence-electron chi connectivity index (χ3n) is 5.35. The van der Waals surface area contributed by atoms with E-state index >= 15 is 0 Å². The molecule has 2 aromatic rings. The minimum absolute atomic E-state index is 0.188. The molecule has 128 valence electrons. The second-order valence-electron chi connectivity index (χ2n) is 7.20. The van der Waals surface area contributed by atoms with Crippen molar-refractivity contribution in [2.75, 3.05) is 26.2 Å². The van der Waals surface area contributed by atoms with E-state index in [2.05, 4.69) is 26.4 Å². The lowest BCUT2D eigenvalue weighted by Crippen LogP contribution is -2.44. The molecule has 2 atom stereocenters. The summed E-state index contributed by atoms with van der Waals surface area (Å²) in [6.45, 7) is 5.52. The predicted molar refractivity (Wildman–Crippen MR) is 91.5 cm³/mol. The van der Waals surface area contributed by atoms with Gasteiger partial charge in [0.15, 0.2) is 11.5 Å². The highest BCUT2D eigenvalue weighted by Crippen LogP contribution is 2.31. The Labute approximate surface area is 142 Å². The summed E-state index contributed by atoms with van der Waals surface area (Å²) in [6.07, 6.45) is 6.53. The molecule has 0 aromatic carbocycles. The van der Waals surface area contributed by atoms with Gasteiger partial charge in [0.25, 0.3) is 0 Å². The first kappa shape index (κ1) is 15.6. The van der Waals surface area contributed by atoms with Crippen LogP contribution in [0.1, 0.15) is 44.5 Å². The molecular formula is C18H25N5O. The Balaban J connectivity index is 1.50.